The Labute approximate surface area is 107 Å². The molecule has 0 saturated heterocycles. The van der Waals surface area contributed by atoms with Crippen molar-refractivity contribution in [2.75, 3.05) is 11.1 Å². The standard InChI is InChI=1S/C13H18N4O/c1-9(2)18-13-5-10(14)4-11(6-13)16-12-7-15-17(3)8-12/h4-9,16H,14H2,1-3H3. The highest BCUT2D eigenvalue weighted by atomic mass is 16.5. The van der Waals surface area contributed by atoms with E-state index < -0.39 is 0 Å². The maximum absolute atomic E-state index is 5.85. The molecule has 3 N–H and O–H groups in total. The topological polar surface area (TPSA) is 65.1 Å². The molecule has 0 atom stereocenters. The van der Waals surface area contributed by atoms with Gasteiger partial charge in [0.05, 0.1) is 18.0 Å². The maximum atomic E-state index is 5.85. The van der Waals surface area contributed by atoms with Gasteiger partial charge in [0, 0.05) is 36.8 Å². The van der Waals surface area contributed by atoms with Gasteiger partial charge in [-0.25, -0.2) is 0 Å². The molecule has 0 aliphatic heterocycles. The molecule has 0 unspecified atom stereocenters. The molecule has 2 rings (SSSR count). The van der Waals surface area contributed by atoms with Crippen molar-refractivity contribution in [3.8, 4) is 5.75 Å². The average molecular weight is 246 g/mol. The summed E-state index contributed by atoms with van der Waals surface area (Å²) in [6.07, 6.45) is 3.77. The molecule has 5 heteroatoms. The Morgan fingerprint density at radius 3 is 2.67 bits per heavy atom. The minimum absolute atomic E-state index is 0.123. The normalized spacial score (nSPS) is 10.7. The van der Waals surface area contributed by atoms with Crippen LogP contribution in [0.15, 0.2) is 30.6 Å². The summed E-state index contributed by atoms with van der Waals surface area (Å²) in [5.74, 6) is 0.761. The third-order valence-corrected chi connectivity index (χ3v) is 2.29. The van der Waals surface area contributed by atoms with Crippen LogP contribution in [0.2, 0.25) is 0 Å². The number of ether oxygens (including phenoxy) is 1. The summed E-state index contributed by atoms with van der Waals surface area (Å²) in [5.41, 5.74) is 8.32. The quantitative estimate of drug-likeness (QED) is 0.814. The van der Waals surface area contributed by atoms with Crippen molar-refractivity contribution in [2.24, 2.45) is 7.05 Å². The highest BCUT2D eigenvalue weighted by molar-refractivity contribution is 5.65. The summed E-state index contributed by atoms with van der Waals surface area (Å²) < 4.78 is 7.37. The summed E-state index contributed by atoms with van der Waals surface area (Å²) in [6.45, 7) is 3.97. The molecular formula is C13H18N4O. The number of hydrogen-bond acceptors (Lipinski definition) is 4. The first-order valence-electron chi connectivity index (χ1n) is 5.86. The molecule has 0 saturated carbocycles. The number of nitrogens with zero attached hydrogens (tertiary/aromatic N) is 2. The van der Waals surface area contributed by atoms with E-state index in [1.165, 1.54) is 0 Å². The first kappa shape index (κ1) is 12.3. The second-order valence-corrected chi connectivity index (χ2v) is 4.49. The Bertz CT molecular complexity index is 534. The number of hydrogen-bond donors (Lipinski definition) is 2. The molecule has 0 amide bonds. The summed E-state index contributed by atoms with van der Waals surface area (Å²) >= 11 is 0. The zero-order valence-electron chi connectivity index (χ0n) is 10.8. The number of aryl methyl sites for hydroxylation is 1. The van der Waals surface area contributed by atoms with E-state index in [2.05, 4.69) is 10.4 Å². The molecule has 2 aromatic rings. The van der Waals surface area contributed by atoms with Gasteiger partial charge < -0.3 is 15.8 Å². The van der Waals surface area contributed by atoms with E-state index in [0.29, 0.717) is 5.69 Å². The number of rotatable bonds is 4. The fourth-order valence-corrected chi connectivity index (χ4v) is 1.69. The number of nitrogens with one attached hydrogen (secondary N) is 1. The molecule has 0 radical (unpaired) electrons. The Kier molecular flexibility index (Phi) is 3.41. The monoisotopic (exact) mass is 246 g/mol. The number of benzene rings is 1. The van der Waals surface area contributed by atoms with Crippen molar-refractivity contribution in [3.05, 3.63) is 30.6 Å². The van der Waals surface area contributed by atoms with Gasteiger partial charge in [0.15, 0.2) is 0 Å². The molecular weight excluding hydrogens is 228 g/mol. The second kappa shape index (κ2) is 5.00. The van der Waals surface area contributed by atoms with E-state index >= 15 is 0 Å². The van der Waals surface area contributed by atoms with Gasteiger partial charge in [-0.3, -0.25) is 4.68 Å². The van der Waals surface area contributed by atoms with E-state index in [4.69, 9.17) is 10.5 Å². The Morgan fingerprint density at radius 2 is 2.06 bits per heavy atom. The SMILES string of the molecule is CC(C)Oc1cc(N)cc(Nc2cnn(C)c2)c1. The van der Waals surface area contributed by atoms with Gasteiger partial charge in [0.25, 0.3) is 0 Å². The van der Waals surface area contributed by atoms with Crippen molar-refractivity contribution in [1.82, 2.24) is 9.78 Å². The van der Waals surface area contributed by atoms with Crippen LogP contribution in [0.3, 0.4) is 0 Å². The molecule has 0 spiro atoms. The average Bonchev–Trinajstić information content (AvgIpc) is 2.61. The van der Waals surface area contributed by atoms with E-state index in [1.54, 1.807) is 10.9 Å². The van der Waals surface area contributed by atoms with Gasteiger partial charge in [0.2, 0.25) is 0 Å². The smallest absolute Gasteiger partial charge is 0.123 e. The summed E-state index contributed by atoms with van der Waals surface area (Å²) in [6, 6.07) is 5.60. The van der Waals surface area contributed by atoms with Gasteiger partial charge in [0.1, 0.15) is 5.75 Å². The predicted molar refractivity (Wildman–Crippen MR) is 73.1 cm³/mol. The van der Waals surface area contributed by atoms with Crippen LogP contribution in [0, 0.1) is 0 Å². The van der Waals surface area contributed by atoms with E-state index in [1.807, 2.05) is 45.3 Å². The Balaban J connectivity index is 2.19. The Hall–Kier alpha value is -2.17. The van der Waals surface area contributed by atoms with Crippen LogP contribution in [0.1, 0.15) is 13.8 Å². The summed E-state index contributed by atoms with van der Waals surface area (Å²) in [5, 5.41) is 7.33. The number of aromatic nitrogens is 2. The molecule has 0 aliphatic carbocycles. The minimum atomic E-state index is 0.123. The minimum Gasteiger partial charge on any atom is -0.491 e. The summed E-state index contributed by atoms with van der Waals surface area (Å²) in [7, 11) is 1.87. The van der Waals surface area contributed by atoms with Crippen LogP contribution < -0.4 is 15.8 Å². The largest absolute Gasteiger partial charge is 0.491 e. The van der Waals surface area contributed by atoms with Crippen molar-refractivity contribution < 1.29 is 4.74 Å². The third-order valence-electron chi connectivity index (χ3n) is 2.29. The molecule has 0 bridgehead atoms. The zero-order valence-corrected chi connectivity index (χ0v) is 10.8. The number of anilines is 3. The highest BCUT2D eigenvalue weighted by Gasteiger charge is 2.03. The molecule has 1 aromatic heterocycles. The van der Waals surface area contributed by atoms with Crippen molar-refractivity contribution in [1.29, 1.82) is 0 Å². The van der Waals surface area contributed by atoms with Crippen molar-refractivity contribution >= 4 is 17.1 Å². The van der Waals surface area contributed by atoms with Gasteiger partial charge in [-0.1, -0.05) is 0 Å². The third kappa shape index (κ3) is 3.16. The molecule has 1 aromatic carbocycles. The van der Waals surface area contributed by atoms with E-state index in [-0.39, 0.29) is 6.10 Å². The van der Waals surface area contributed by atoms with Crippen LogP contribution in [0.25, 0.3) is 0 Å². The lowest BCUT2D eigenvalue weighted by Crippen LogP contribution is -2.06. The highest BCUT2D eigenvalue weighted by Crippen LogP contribution is 2.25. The van der Waals surface area contributed by atoms with Crippen LogP contribution in [-0.4, -0.2) is 15.9 Å². The molecule has 1 heterocycles. The second-order valence-electron chi connectivity index (χ2n) is 4.49. The van der Waals surface area contributed by atoms with Crippen LogP contribution in [0.5, 0.6) is 5.75 Å². The maximum Gasteiger partial charge on any atom is 0.123 e. The van der Waals surface area contributed by atoms with Crippen LogP contribution in [0.4, 0.5) is 17.1 Å². The van der Waals surface area contributed by atoms with Gasteiger partial charge in [-0.2, -0.15) is 5.10 Å². The number of nitrogen functional groups attached to an aromatic ring is 1. The number of nitrogens with two attached hydrogens (primary N) is 1. The molecule has 0 aliphatic rings. The predicted octanol–water partition coefficient (Wildman–Crippen LogP) is 2.53. The first-order chi connectivity index (χ1) is 8.52. The molecule has 5 nitrogen and oxygen atoms in total. The lowest BCUT2D eigenvalue weighted by atomic mass is 10.2. The van der Waals surface area contributed by atoms with Gasteiger partial charge in [-0.15, -0.1) is 0 Å². The van der Waals surface area contributed by atoms with E-state index in [0.717, 1.165) is 17.1 Å². The first-order valence-corrected chi connectivity index (χ1v) is 5.86. The lowest BCUT2D eigenvalue weighted by Gasteiger charge is -2.12. The fraction of sp³-hybridized carbons (Fsp3) is 0.308. The van der Waals surface area contributed by atoms with Crippen molar-refractivity contribution in [2.45, 2.75) is 20.0 Å². The Morgan fingerprint density at radius 1 is 1.28 bits per heavy atom. The molecule has 18 heavy (non-hydrogen) atoms. The van der Waals surface area contributed by atoms with Gasteiger partial charge in [-0.05, 0) is 19.9 Å². The summed E-state index contributed by atoms with van der Waals surface area (Å²) in [4.78, 5) is 0. The van der Waals surface area contributed by atoms with Gasteiger partial charge >= 0.3 is 0 Å². The van der Waals surface area contributed by atoms with Crippen LogP contribution in [-0.2, 0) is 7.05 Å². The molecule has 96 valence electrons. The zero-order chi connectivity index (χ0) is 13.1. The van der Waals surface area contributed by atoms with Crippen LogP contribution >= 0.6 is 0 Å². The molecule has 0 fully saturated rings. The fourth-order valence-electron chi connectivity index (χ4n) is 1.69. The van der Waals surface area contributed by atoms with E-state index in [9.17, 15) is 0 Å². The van der Waals surface area contributed by atoms with Crippen molar-refractivity contribution in [3.63, 3.8) is 0 Å². The lowest BCUT2D eigenvalue weighted by molar-refractivity contribution is 0.242.